The third-order valence-corrected chi connectivity index (χ3v) is 9.75. The molecule has 2 aliphatic carbocycles. The lowest BCUT2D eigenvalue weighted by Crippen LogP contribution is -2.32. The van der Waals surface area contributed by atoms with Crippen LogP contribution in [0.15, 0.2) is 52.9 Å². The zero-order valence-electron chi connectivity index (χ0n) is 21.0. The van der Waals surface area contributed by atoms with Crippen LogP contribution in [-0.4, -0.2) is 49.2 Å². The highest BCUT2D eigenvalue weighted by molar-refractivity contribution is 8.01. The smallest absolute Gasteiger partial charge is 0.238 e. The van der Waals surface area contributed by atoms with Crippen molar-refractivity contribution in [1.29, 1.82) is 0 Å². The van der Waals surface area contributed by atoms with E-state index in [1.807, 2.05) is 30.3 Å². The molecule has 4 unspecified atom stereocenters. The largest absolute Gasteiger partial charge is 0.493 e. The van der Waals surface area contributed by atoms with Gasteiger partial charge in [-0.3, -0.25) is 14.4 Å². The van der Waals surface area contributed by atoms with Crippen LogP contribution in [0.3, 0.4) is 0 Å². The molecule has 3 amide bonds. The lowest BCUT2D eigenvalue weighted by Gasteiger charge is -2.17. The Morgan fingerprint density at radius 2 is 1.79 bits per heavy atom. The van der Waals surface area contributed by atoms with Crippen molar-refractivity contribution in [2.24, 2.45) is 23.7 Å². The Balaban J connectivity index is 1.05. The zero-order valence-corrected chi connectivity index (χ0v) is 22.6. The molecule has 2 fully saturated rings. The third kappa shape index (κ3) is 4.35. The van der Waals surface area contributed by atoms with Gasteiger partial charge in [0.2, 0.25) is 17.7 Å². The summed E-state index contributed by atoms with van der Waals surface area (Å²) in [7, 11) is 3.19. The first-order valence-electron chi connectivity index (χ1n) is 12.5. The minimum absolute atomic E-state index is 0.0709. The van der Waals surface area contributed by atoms with E-state index < -0.39 is 0 Å². The third-order valence-electron chi connectivity index (χ3n) is 7.59. The highest BCUT2D eigenvalue weighted by atomic mass is 32.2. The number of hydrogen-bond acceptors (Lipinski definition) is 8. The molecule has 3 aromatic rings. The number of thioether (sulfide) groups is 1. The van der Waals surface area contributed by atoms with E-state index in [2.05, 4.69) is 22.5 Å². The molecule has 38 heavy (non-hydrogen) atoms. The van der Waals surface area contributed by atoms with Gasteiger partial charge < -0.3 is 14.8 Å². The van der Waals surface area contributed by atoms with Gasteiger partial charge in [0.25, 0.3) is 0 Å². The van der Waals surface area contributed by atoms with Crippen LogP contribution in [-0.2, 0) is 20.8 Å². The maximum atomic E-state index is 13.1. The van der Waals surface area contributed by atoms with Crippen molar-refractivity contribution in [3.05, 3.63) is 54.1 Å². The number of ether oxygens (including phenoxy) is 2. The summed E-state index contributed by atoms with van der Waals surface area (Å²) in [5.41, 5.74) is 2.44. The molecular formula is C28H27N3O5S2. The first-order chi connectivity index (χ1) is 18.5. The standard InChI is InChI=1S/C28H27N3O5S2/c1-35-20-8-3-15(11-21(20)36-2)9-10-29-23(32)14-37-28-30-19-7-6-18(13-22(19)38-28)31-26(33)24-16-4-5-17(12-16)25(24)27(31)34/h3-8,11,13,16-17,24-25H,9-10,12,14H2,1-2H3,(H,29,32). The zero-order chi connectivity index (χ0) is 26.4. The van der Waals surface area contributed by atoms with Crippen LogP contribution in [0.4, 0.5) is 5.69 Å². The van der Waals surface area contributed by atoms with Crippen LogP contribution >= 0.6 is 23.1 Å². The van der Waals surface area contributed by atoms with Gasteiger partial charge in [-0.15, -0.1) is 11.3 Å². The van der Waals surface area contributed by atoms with E-state index in [0.717, 1.165) is 26.5 Å². The number of amides is 3. The fourth-order valence-corrected chi connectivity index (χ4v) is 7.74. The van der Waals surface area contributed by atoms with Gasteiger partial charge >= 0.3 is 0 Å². The number of carbonyl (C=O) groups is 3. The first-order valence-corrected chi connectivity index (χ1v) is 14.3. The van der Waals surface area contributed by atoms with Crippen molar-refractivity contribution in [3.63, 3.8) is 0 Å². The fourth-order valence-electron chi connectivity index (χ4n) is 5.81. The van der Waals surface area contributed by atoms with Crippen LogP contribution in [0, 0.1) is 23.7 Å². The summed E-state index contributed by atoms with van der Waals surface area (Å²) < 4.78 is 12.2. The van der Waals surface area contributed by atoms with Gasteiger partial charge in [-0.05, 0) is 60.6 Å². The lowest BCUT2D eigenvalue weighted by atomic mass is 9.85. The Hall–Kier alpha value is -3.37. The van der Waals surface area contributed by atoms with E-state index in [9.17, 15) is 14.4 Å². The van der Waals surface area contributed by atoms with Gasteiger partial charge in [0.05, 0.1) is 47.7 Å². The van der Waals surface area contributed by atoms with Crippen molar-refractivity contribution in [3.8, 4) is 11.5 Å². The quantitative estimate of drug-likeness (QED) is 0.244. The molecule has 1 saturated heterocycles. The number of aromatic nitrogens is 1. The minimum atomic E-state index is -0.217. The molecule has 0 radical (unpaired) electrons. The molecule has 4 atom stereocenters. The molecule has 1 aromatic heterocycles. The number of methoxy groups -OCH3 is 2. The monoisotopic (exact) mass is 549 g/mol. The van der Waals surface area contributed by atoms with E-state index in [1.165, 1.54) is 28.0 Å². The molecule has 0 spiro atoms. The second kappa shape index (κ2) is 10.1. The Morgan fingerprint density at radius 1 is 1.05 bits per heavy atom. The molecule has 196 valence electrons. The molecule has 1 aliphatic heterocycles. The average Bonchev–Trinajstić information content (AvgIpc) is 3.70. The number of hydrogen-bond donors (Lipinski definition) is 1. The maximum Gasteiger partial charge on any atom is 0.238 e. The summed E-state index contributed by atoms with van der Waals surface area (Å²) in [6.45, 7) is 0.509. The predicted octanol–water partition coefficient (Wildman–Crippen LogP) is 4.08. The number of rotatable bonds is 9. The summed E-state index contributed by atoms with van der Waals surface area (Å²) in [5.74, 6) is 1.29. The summed E-state index contributed by atoms with van der Waals surface area (Å²) in [5, 5.41) is 2.95. The van der Waals surface area contributed by atoms with Gasteiger partial charge in [-0.25, -0.2) is 9.88 Å². The van der Waals surface area contributed by atoms with Crippen molar-refractivity contribution in [2.75, 3.05) is 31.4 Å². The Kier molecular flexibility index (Phi) is 6.61. The van der Waals surface area contributed by atoms with E-state index in [4.69, 9.17) is 9.47 Å². The topological polar surface area (TPSA) is 97.8 Å². The predicted molar refractivity (Wildman–Crippen MR) is 147 cm³/mol. The number of thiazole rings is 1. The lowest BCUT2D eigenvalue weighted by molar-refractivity contribution is -0.123. The minimum Gasteiger partial charge on any atom is -0.493 e. The number of fused-ring (bicyclic) bond motifs is 6. The molecule has 1 saturated carbocycles. The Labute approximate surface area is 228 Å². The molecule has 6 rings (SSSR count). The maximum absolute atomic E-state index is 13.1. The average molecular weight is 550 g/mol. The van der Waals surface area contributed by atoms with Gasteiger partial charge in [-0.2, -0.15) is 0 Å². The molecule has 3 aliphatic rings. The Morgan fingerprint density at radius 3 is 2.50 bits per heavy atom. The second-order valence-corrected chi connectivity index (χ2v) is 12.0. The number of anilines is 1. The number of benzene rings is 2. The summed E-state index contributed by atoms with van der Waals surface area (Å²) in [6, 6.07) is 11.2. The van der Waals surface area contributed by atoms with Gasteiger partial charge in [0.1, 0.15) is 0 Å². The van der Waals surface area contributed by atoms with E-state index >= 15 is 0 Å². The normalized spacial score (nSPS) is 23.4. The molecule has 2 aromatic carbocycles. The molecular weight excluding hydrogens is 522 g/mol. The number of allylic oxidation sites excluding steroid dienone is 2. The number of imide groups is 1. The summed E-state index contributed by atoms with van der Waals surface area (Å²) in [4.78, 5) is 44.7. The molecule has 10 heteroatoms. The van der Waals surface area contributed by atoms with Gasteiger partial charge in [0, 0.05) is 6.54 Å². The van der Waals surface area contributed by atoms with E-state index in [-0.39, 0.29) is 47.1 Å². The van der Waals surface area contributed by atoms with Crippen molar-refractivity contribution in [2.45, 2.75) is 17.2 Å². The van der Waals surface area contributed by atoms with Crippen molar-refractivity contribution >= 4 is 56.7 Å². The Bertz CT molecular complexity index is 1440. The molecule has 2 bridgehead atoms. The molecule has 2 heterocycles. The van der Waals surface area contributed by atoms with E-state index in [0.29, 0.717) is 30.2 Å². The SMILES string of the molecule is COc1ccc(CCNC(=O)CSc2nc3ccc(N4C(=O)C5C6C=CC(C6)C5C4=O)cc3s2)cc1OC. The number of nitrogens with one attached hydrogen (secondary N) is 1. The molecule has 8 nitrogen and oxygen atoms in total. The number of carbonyl (C=O) groups excluding carboxylic acids is 3. The summed E-state index contributed by atoms with van der Waals surface area (Å²) in [6.07, 6.45) is 5.79. The van der Waals surface area contributed by atoms with Crippen molar-refractivity contribution in [1.82, 2.24) is 10.3 Å². The van der Waals surface area contributed by atoms with Crippen molar-refractivity contribution < 1.29 is 23.9 Å². The van der Waals surface area contributed by atoms with Crippen LogP contribution in [0.5, 0.6) is 11.5 Å². The summed E-state index contributed by atoms with van der Waals surface area (Å²) >= 11 is 2.84. The van der Waals surface area contributed by atoms with E-state index in [1.54, 1.807) is 20.3 Å². The first kappa shape index (κ1) is 24.9. The van der Waals surface area contributed by atoms with Crippen LogP contribution in [0.2, 0.25) is 0 Å². The molecule has 1 N–H and O–H groups in total. The van der Waals surface area contributed by atoms with Crippen LogP contribution in [0.1, 0.15) is 12.0 Å². The van der Waals surface area contributed by atoms with Crippen LogP contribution in [0.25, 0.3) is 10.2 Å². The van der Waals surface area contributed by atoms with Crippen LogP contribution < -0.4 is 19.7 Å². The number of nitrogens with zero attached hydrogens (tertiary/aromatic N) is 2. The highest BCUT2D eigenvalue weighted by Gasteiger charge is 2.59. The van der Waals surface area contributed by atoms with Gasteiger partial charge in [-0.1, -0.05) is 30.0 Å². The second-order valence-electron chi connectivity index (χ2n) is 9.72. The van der Waals surface area contributed by atoms with Gasteiger partial charge in [0.15, 0.2) is 15.8 Å². The highest BCUT2D eigenvalue weighted by Crippen LogP contribution is 2.53. The fraction of sp³-hybridized carbons (Fsp3) is 0.357.